The van der Waals surface area contributed by atoms with Gasteiger partial charge in [-0.15, -0.1) is 0 Å². The summed E-state index contributed by atoms with van der Waals surface area (Å²) in [7, 11) is -0.519. The first-order valence-corrected chi connectivity index (χ1v) is 11.7. The van der Waals surface area contributed by atoms with Crippen LogP contribution in [0.1, 0.15) is 44.2 Å². The molecule has 1 aromatic carbocycles. The van der Waals surface area contributed by atoms with E-state index in [-0.39, 0.29) is 11.1 Å². The van der Waals surface area contributed by atoms with Gasteiger partial charge in [-0.3, -0.25) is 4.68 Å². The molecule has 0 radical (unpaired) electrons. The summed E-state index contributed by atoms with van der Waals surface area (Å²) in [5, 5.41) is 5.89. The van der Waals surface area contributed by atoms with E-state index in [0.29, 0.717) is 28.2 Å². The number of aromatic nitrogens is 2. The standard InChI is InChI=1S/C18H27ClN2O3Si/c1-12(11-24-25(6,7)18(2,3)4)21-16(17(22)23-5)13-9-8-10-14(19)15(13)20-21/h8-10,12H,11H2,1-7H3/t12-/m0/s1. The molecule has 7 heteroatoms. The van der Waals surface area contributed by atoms with Crippen LogP contribution in [0.15, 0.2) is 18.2 Å². The average molecular weight is 383 g/mol. The number of hydrogen-bond donors (Lipinski definition) is 0. The van der Waals surface area contributed by atoms with Gasteiger partial charge in [0.25, 0.3) is 0 Å². The number of nitrogens with zero attached hydrogens (tertiary/aromatic N) is 2. The summed E-state index contributed by atoms with van der Waals surface area (Å²) in [5.74, 6) is -0.427. The number of carbonyl (C=O) groups excluding carboxylic acids is 1. The van der Waals surface area contributed by atoms with Crippen LogP contribution < -0.4 is 0 Å². The van der Waals surface area contributed by atoms with Gasteiger partial charge in [-0.1, -0.05) is 44.5 Å². The molecular weight excluding hydrogens is 356 g/mol. The van der Waals surface area contributed by atoms with Gasteiger partial charge >= 0.3 is 5.97 Å². The molecule has 1 atom stereocenters. The fourth-order valence-corrected chi connectivity index (χ4v) is 3.63. The number of benzene rings is 1. The second-order valence-electron chi connectivity index (χ2n) is 7.84. The normalized spacial score (nSPS) is 13.9. The first-order chi connectivity index (χ1) is 11.5. The predicted molar refractivity (Wildman–Crippen MR) is 104 cm³/mol. The van der Waals surface area contributed by atoms with Gasteiger partial charge in [-0.2, -0.15) is 5.10 Å². The molecule has 0 aliphatic heterocycles. The summed E-state index contributed by atoms with van der Waals surface area (Å²) in [6, 6.07) is 5.28. The summed E-state index contributed by atoms with van der Waals surface area (Å²) in [4.78, 5) is 12.3. The van der Waals surface area contributed by atoms with E-state index in [1.165, 1.54) is 7.11 Å². The molecule has 138 valence electrons. The Morgan fingerprint density at radius 1 is 1.36 bits per heavy atom. The molecular formula is C18H27ClN2O3Si. The van der Waals surface area contributed by atoms with E-state index in [4.69, 9.17) is 20.8 Å². The van der Waals surface area contributed by atoms with Crippen molar-refractivity contribution in [1.29, 1.82) is 0 Å². The number of fused-ring (bicyclic) bond motifs is 1. The maximum atomic E-state index is 12.3. The van der Waals surface area contributed by atoms with Gasteiger partial charge in [0.1, 0.15) is 5.52 Å². The first-order valence-electron chi connectivity index (χ1n) is 8.38. The second-order valence-corrected chi connectivity index (χ2v) is 13.1. The maximum absolute atomic E-state index is 12.3. The summed E-state index contributed by atoms with van der Waals surface area (Å²) >= 11 is 6.25. The Bertz CT molecular complexity index is 780. The van der Waals surface area contributed by atoms with Crippen molar-refractivity contribution in [2.75, 3.05) is 13.7 Å². The lowest BCUT2D eigenvalue weighted by Gasteiger charge is -2.37. The Morgan fingerprint density at radius 3 is 2.56 bits per heavy atom. The zero-order valence-corrected chi connectivity index (χ0v) is 17.8. The zero-order chi connectivity index (χ0) is 19.0. The van der Waals surface area contributed by atoms with Crippen LogP contribution >= 0.6 is 11.6 Å². The quantitative estimate of drug-likeness (QED) is 0.535. The van der Waals surface area contributed by atoms with Crippen LogP contribution in [0.2, 0.25) is 23.2 Å². The number of ether oxygens (including phenoxy) is 1. The first kappa shape index (κ1) is 19.9. The van der Waals surface area contributed by atoms with Crippen molar-refractivity contribution in [2.45, 2.75) is 51.9 Å². The molecule has 0 saturated heterocycles. The van der Waals surface area contributed by atoms with Crippen molar-refractivity contribution in [3.63, 3.8) is 0 Å². The van der Waals surface area contributed by atoms with Gasteiger partial charge in [0, 0.05) is 5.39 Å². The molecule has 1 aromatic heterocycles. The van der Waals surface area contributed by atoms with E-state index in [9.17, 15) is 4.79 Å². The summed E-state index contributed by atoms with van der Waals surface area (Å²) in [5.41, 5.74) is 1.01. The van der Waals surface area contributed by atoms with Crippen LogP contribution in [0.4, 0.5) is 0 Å². The van der Waals surface area contributed by atoms with Crippen molar-refractivity contribution >= 4 is 36.8 Å². The molecule has 0 saturated carbocycles. The lowest BCUT2D eigenvalue weighted by molar-refractivity contribution is 0.0584. The van der Waals surface area contributed by atoms with E-state index in [0.717, 1.165) is 0 Å². The summed E-state index contributed by atoms with van der Waals surface area (Å²) in [6.07, 6.45) is 0. The molecule has 0 aliphatic carbocycles. The average Bonchev–Trinajstić information content (AvgIpc) is 2.92. The van der Waals surface area contributed by atoms with Gasteiger partial charge in [0.15, 0.2) is 14.0 Å². The smallest absolute Gasteiger partial charge is 0.356 e. The molecule has 0 N–H and O–H groups in total. The Kier molecular flexibility index (Phi) is 5.66. The van der Waals surface area contributed by atoms with E-state index < -0.39 is 14.3 Å². The lowest BCUT2D eigenvalue weighted by atomic mass is 10.2. The molecule has 2 aromatic rings. The topological polar surface area (TPSA) is 53.3 Å². The molecule has 25 heavy (non-hydrogen) atoms. The van der Waals surface area contributed by atoms with Crippen LogP contribution in [0.3, 0.4) is 0 Å². The highest BCUT2D eigenvalue weighted by molar-refractivity contribution is 6.74. The number of carbonyl (C=O) groups is 1. The van der Waals surface area contributed by atoms with E-state index in [1.807, 2.05) is 13.0 Å². The Morgan fingerprint density at radius 2 is 2.00 bits per heavy atom. The third kappa shape index (κ3) is 3.91. The monoisotopic (exact) mass is 382 g/mol. The molecule has 1 heterocycles. The molecule has 0 fully saturated rings. The number of halogens is 1. The van der Waals surface area contributed by atoms with Gasteiger partial charge in [-0.05, 0) is 31.1 Å². The SMILES string of the molecule is COC(=O)c1c2cccc(Cl)c2nn1[C@@H](C)CO[Si](C)(C)C(C)(C)C. The predicted octanol–water partition coefficient (Wildman–Crippen LogP) is 5.06. The number of rotatable bonds is 5. The zero-order valence-electron chi connectivity index (χ0n) is 16.0. The van der Waals surface area contributed by atoms with E-state index >= 15 is 0 Å². The van der Waals surface area contributed by atoms with Crippen LogP contribution in [0.25, 0.3) is 10.9 Å². The van der Waals surface area contributed by atoms with Crippen molar-refractivity contribution in [1.82, 2.24) is 9.78 Å². The van der Waals surface area contributed by atoms with Gasteiger partial charge in [-0.25, -0.2) is 4.79 Å². The molecule has 0 spiro atoms. The maximum Gasteiger partial charge on any atom is 0.356 e. The fraction of sp³-hybridized carbons (Fsp3) is 0.556. The summed E-state index contributed by atoms with van der Waals surface area (Å²) < 4.78 is 12.9. The molecule has 0 unspecified atom stereocenters. The van der Waals surface area contributed by atoms with E-state index in [2.05, 4.69) is 39.0 Å². The molecule has 0 bridgehead atoms. The van der Waals surface area contributed by atoms with Crippen LogP contribution in [0.5, 0.6) is 0 Å². The van der Waals surface area contributed by atoms with Gasteiger partial charge < -0.3 is 9.16 Å². The minimum absolute atomic E-state index is 0.119. The van der Waals surface area contributed by atoms with Crippen molar-refractivity contribution in [2.24, 2.45) is 0 Å². The highest BCUT2D eigenvalue weighted by atomic mass is 35.5. The number of hydrogen-bond acceptors (Lipinski definition) is 4. The second kappa shape index (κ2) is 7.09. The highest BCUT2D eigenvalue weighted by Gasteiger charge is 2.37. The summed E-state index contributed by atoms with van der Waals surface area (Å²) in [6.45, 7) is 13.5. The van der Waals surface area contributed by atoms with Gasteiger partial charge in [0.05, 0.1) is 24.8 Å². The van der Waals surface area contributed by atoms with Crippen LogP contribution in [0, 0.1) is 0 Å². The molecule has 5 nitrogen and oxygen atoms in total. The minimum Gasteiger partial charge on any atom is -0.464 e. The van der Waals surface area contributed by atoms with Crippen molar-refractivity contribution in [3.8, 4) is 0 Å². The van der Waals surface area contributed by atoms with Gasteiger partial charge in [0.2, 0.25) is 0 Å². The molecule has 0 aliphatic rings. The highest BCUT2D eigenvalue weighted by Crippen LogP contribution is 2.37. The van der Waals surface area contributed by atoms with Crippen molar-refractivity contribution < 1.29 is 14.0 Å². The Labute approximate surface area is 155 Å². The molecule has 2 rings (SSSR count). The third-order valence-corrected chi connectivity index (χ3v) is 9.77. The lowest BCUT2D eigenvalue weighted by Crippen LogP contribution is -2.42. The largest absolute Gasteiger partial charge is 0.464 e. The molecule has 0 amide bonds. The number of esters is 1. The Balaban J connectivity index is 2.39. The van der Waals surface area contributed by atoms with Crippen LogP contribution in [-0.2, 0) is 9.16 Å². The van der Waals surface area contributed by atoms with Crippen LogP contribution in [-0.4, -0.2) is 37.8 Å². The third-order valence-electron chi connectivity index (χ3n) is 4.97. The Hall–Kier alpha value is -1.37. The van der Waals surface area contributed by atoms with Crippen molar-refractivity contribution in [3.05, 3.63) is 28.9 Å². The minimum atomic E-state index is -1.89. The number of methoxy groups -OCH3 is 1. The van der Waals surface area contributed by atoms with E-state index in [1.54, 1.807) is 16.8 Å². The fourth-order valence-electron chi connectivity index (χ4n) is 2.32.